The molecule has 0 saturated heterocycles. The lowest BCUT2D eigenvalue weighted by Gasteiger charge is -2.32. The highest BCUT2D eigenvalue weighted by atomic mass is 16.6. The van der Waals surface area contributed by atoms with Gasteiger partial charge >= 0.3 is 5.97 Å². The van der Waals surface area contributed by atoms with E-state index in [0.29, 0.717) is 34.1 Å². The van der Waals surface area contributed by atoms with Crippen LogP contribution in [0, 0.1) is 5.92 Å². The van der Waals surface area contributed by atoms with Gasteiger partial charge in [0, 0.05) is 24.1 Å². The molecule has 2 heterocycles. The first-order valence-corrected chi connectivity index (χ1v) is 10.8. The molecular weight excluding hydrogens is 440 g/mol. The fourth-order valence-corrected chi connectivity index (χ4v) is 4.60. The van der Waals surface area contributed by atoms with Crippen molar-refractivity contribution in [2.75, 3.05) is 40.4 Å². The summed E-state index contributed by atoms with van der Waals surface area (Å²) in [7, 11) is 7.44. The normalized spacial score (nSPS) is 23.2. The number of likely N-dealkylation sites (N-methyl/N-ethyl adjacent to an activating group) is 1. The van der Waals surface area contributed by atoms with Crippen LogP contribution in [0.4, 0.5) is 5.69 Å². The number of carbonyl (C=O) groups is 2. The van der Waals surface area contributed by atoms with Gasteiger partial charge in [0.15, 0.2) is 11.5 Å². The van der Waals surface area contributed by atoms with E-state index in [1.807, 2.05) is 18.2 Å². The molecule has 0 aromatic heterocycles. The number of nitrogens with zero attached hydrogens (tertiary/aromatic N) is 2. The molecule has 34 heavy (non-hydrogen) atoms. The van der Waals surface area contributed by atoms with Crippen LogP contribution in [0.2, 0.25) is 0 Å². The minimum absolute atomic E-state index is 0.257. The molecule has 2 aliphatic heterocycles. The number of rotatable bonds is 6. The van der Waals surface area contributed by atoms with Crippen LogP contribution < -0.4 is 19.1 Å². The molecule has 0 N–H and O–H groups in total. The summed E-state index contributed by atoms with van der Waals surface area (Å²) in [6.45, 7) is 3.59. The molecule has 0 bridgehead atoms. The molecule has 0 aliphatic carbocycles. The van der Waals surface area contributed by atoms with Crippen molar-refractivity contribution >= 4 is 23.3 Å². The molecule has 2 aliphatic rings. The van der Waals surface area contributed by atoms with Crippen molar-refractivity contribution in [1.82, 2.24) is 0 Å². The van der Waals surface area contributed by atoms with Crippen molar-refractivity contribution < 1.29 is 33.3 Å². The Labute approximate surface area is 198 Å². The summed E-state index contributed by atoms with van der Waals surface area (Å²) >= 11 is 0. The summed E-state index contributed by atoms with van der Waals surface area (Å²) in [6.07, 6.45) is 0. The number of methoxy groups -OCH3 is 4. The number of carbonyl (C=O) groups excluding carboxylic acids is 2. The first kappa shape index (κ1) is 23.6. The number of amides is 1. The van der Waals surface area contributed by atoms with Crippen molar-refractivity contribution in [3.05, 3.63) is 47.5 Å². The van der Waals surface area contributed by atoms with Gasteiger partial charge < -0.3 is 28.6 Å². The topological polar surface area (TPSA) is 95.9 Å². The van der Waals surface area contributed by atoms with Gasteiger partial charge in [-0.25, -0.2) is 9.79 Å². The number of hydrogen-bond acceptors (Lipinski definition) is 8. The van der Waals surface area contributed by atoms with E-state index in [0.717, 1.165) is 0 Å². The average molecular weight is 469 g/mol. The first-order chi connectivity index (χ1) is 16.2. The smallest absolute Gasteiger partial charge is 0.361 e. The molecule has 9 nitrogen and oxygen atoms in total. The van der Waals surface area contributed by atoms with Gasteiger partial charge in [0.05, 0.1) is 39.8 Å². The van der Waals surface area contributed by atoms with Crippen LogP contribution in [0.3, 0.4) is 0 Å². The molecule has 9 heteroatoms. The predicted octanol–water partition coefficient (Wildman–Crippen LogP) is 2.93. The molecule has 4 rings (SSSR count). The zero-order chi connectivity index (χ0) is 24.8. The Morgan fingerprint density at radius 1 is 1.03 bits per heavy atom. The van der Waals surface area contributed by atoms with Gasteiger partial charge in [-0.05, 0) is 18.2 Å². The Morgan fingerprint density at radius 2 is 1.65 bits per heavy atom. The second kappa shape index (κ2) is 8.32. The summed E-state index contributed by atoms with van der Waals surface area (Å²) in [5.41, 5.74) is -1.42. The van der Waals surface area contributed by atoms with Crippen LogP contribution >= 0.6 is 0 Å². The standard InChI is InChI=1S/C25H28N2O7/c1-14(2)25(23(29)33-7)26-21(15-12-18(30-4)20(32-6)19(13-15)31-5)24(34-25)16-10-8-9-11-17(16)27(3)22(24)28/h8-14H,1-7H3/t24-,25-/m0/s1. The molecule has 1 amide bonds. The maximum Gasteiger partial charge on any atom is 0.361 e. The Balaban J connectivity index is 2.08. The molecule has 0 unspecified atom stereocenters. The lowest BCUT2D eigenvalue weighted by molar-refractivity contribution is -0.187. The number of hydrogen-bond donors (Lipinski definition) is 0. The van der Waals surface area contributed by atoms with Crippen LogP contribution in [0.15, 0.2) is 41.4 Å². The molecule has 0 radical (unpaired) electrons. The molecule has 2 aromatic carbocycles. The van der Waals surface area contributed by atoms with Gasteiger partial charge in [-0.15, -0.1) is 0 Å². The van der Waals surface area contributed by atoms with Crippen molar-refractivity contribution in [3.8, 4) is 17.2 Å². The number of benzene rings is 2. The van der Waals surface area contributed by atoms with E-state index in [1.54, 1.807) is 39.1 Å². The zero-order valence-electron chi connectivity index (χ0n) is 20.3. The molecular formula is C25H28N2O7. The van der Waals surface area contributed by atoms with Gasteiger partial charge in [-0.2, -0.15) is 0 Å². The van der Waals surface area contributed by atoms with E-state index in [9.17, 15) is 9.59 Å². The third-order valence-electron chi connectivity index (χ3n) is 6.37. The molecule has 0 fully saturated rings. The minimum atomic E-state index is -1.74. The van der Waals surface area contributed by atoms with Crippen molar-refractivity contribution in [2.45, 2.75) is 25.2 Å². The molecule has 2 aromatic rings. The third-order valence-corrected chi connectivity index (χ3v) is 6.37. The summed E-state index contributed by atoms with van der Waals surface area (Å²) in [4.78, 5) is 33.3. The van der Waals surface area contributed by atoms with E-state index in [1.165, 1.54) is 33.3 Å². The Hall–Kier alpha value is -3.59. The minimum Gasteiger partial charge on any atom is -0.493 e. The number of anilines is 1. The summed E-state index contributed by atoms with van der Waals surface area (Å²) in [5, 5.41) is 0. The maximum absolute atomic E-state index is 13.9. The van der Waals surface area contributed by atoms with Crippen LogP contribution in [-0.2, 0) is 24.7 Å². The van der Waals surface area contributed by atoms with Crippen molar-refractivity contribution in [3.63, 3.8) is 0 Å². The highest BCUT2D eigenvalue weighted by Gasteiger charge is 2.66. The van der Waals surface area contributed by atoms with Crippen LogP contribution in [0.25, 0.3) is 0 Å². The van der Waals surface area contributed by atoms with Gasteiger partial charge in [-0.3, -0.25) is 4.79 Å². The van der Waals surface area contributed by atoms with E-state index >= 15 is 0 Å². The molecule has 180 valence electrons. The number of aliphatic imine (C=N–C) groups is 1. The Kier molecular flexibility index (Phi) is 5.77. The highest BCUT2D eigenvalue weighted by molar-refractivity contribution is 6.28. The summed E-state index contributed by atoms with van der Waals surface area (Å²) in [5.74, 6) is -0.358. The number of esters is 1. The SMILES string of the molecule is COC(=O)[C@@]1(C(C)C)N=C(c2cc(OC)c(OC)c(OC)c2)[C@]2(O1)C(=O)N(C)c1ccccc12. The highest BCUT2D eigenvalue weighted by Crippen LogP contribution is 2.53. The Morgan fingerprint density at radius 3 is 2.18 bits per heavy atom. The lowest BCUT2D eigenvalue weighted by Crippen LogP contribution is -2.51. The second-order valence-electron chi connectivity index (χ2n) is 8.38. The third kappa shape index (κ3) is 3.00. The predicted molar refractivity (Wildman–Crippen MR) is 125 cm³/mol. The van der Waals surface area contributed by atoms with Crippen LogP contribution in [0.5, 0.6) is 17.2 Å². The molecule has 1 spiro atoms. The van der Waals surface area contributed by atoms with Crippen LogP contribution in [-0.4, -0.2) is 58.8 Å². The van der Waals surface area contributed by atoms with Gasteiger partial charge in [0.25, 0.3) is 11.6 Å². The largest absolute Gasteiger partial charge is 0.493 e. The Bertz CT molecular complexity index is 1170. The number of ether oxygens (including phenoxy) is 5. The van der Waals surface area contributed by atoms with Crippen molar-refractivity contribution in [1.29, 1.82) is 0 Å². The fraction of sp³-hybridized carbons (Fsp3) is 0.400. The number of fused-ring (bicyclic) bond motifs is 2. The lowest BCUT2D eigenvalue weighted by atomic mass is 9.86. The van der Waals surface area contributed by atoms with E-state index < -0.39 is 23.2 Å². The van der Waals surface area contributed by atoms with Crippen LogP contribution in [0.1, 0.15) is 25.0 Å². The van der Waals surface area contributed by atoms with Gasteiger partial charge in [0.2, 0.25) is 11.4 Å². The zero-order valence-corrected chi connectivity index (χ0v) is 20.3. The molecule has 0 saturated carbocycles. The quantitative estimate of drug-likeness (QED) is 0.602. The average Bonchev–Trinajstić information content (AvgIpc) is 3.33. The van der Waals surface area contributed by atoms with E-state index in [-0.39, 0.29) is 11.6 Å². The fourth-order valence-electron chi connectivity index (χ4n) is 4.60. The maximum atomic E-state index is 13.9. The first-order valence-electron chi connectivity index (χ1n) is 10.8. The van der Waals surface area contributed by atoms with Gasteiger partial charge in [0.1, 0.15) is 0 Å². The van der Waals surface area contributed by atoms with Crippen molar-refractivity contribution in [2.24, 2.45) is 10.9 Å². The second-order valence-corrected chi connectivity index (χ2v) is 8.38. The van der Waals surface area contributed by atoms with E-state index in [2.05, 4.69) is 0 Å². The summed E-state index contributed by atoms with van der Waals surface area (Å²) in [6, 6.07) is 10.7. The summed E-state index contributed by atoms with van der Waals surface area (Å²) < 4.78 is 28.1. The molecule has 2 atom stereocenters. The number of para-hydroxylation sites is 1. The van der Waals surface area contributed by atoms with E-state index in [4.69, 9.17) is 28.7 Å². The van der Waals surface area contributed by atoms with Gasteiger partial charge in [-0.1, -0.05) is 32.0 Å². The monoisotopic (exact) mass is 468 g/mol.